The molecule has 5 heteroatoms. The Labute approximate surface area is 71.7 Å². The molecule has 0 aliphatic rings. The highest BCUT2D eigenvalue weighted by molar-refractivity contribution is 5.73. The zero-order chi connectivity index (χ0) is 9.56. The van der Waals surface area contributed by atoms with Crippen molar-refractivity contribution in [2.24, 2.45) is 5.73 Å². The number of primary amides is 1. The summed E-state index contributed by atoms with van der Waals surface area (Å²) in [5.74, 6) is 0. The molecule has 0 atom stereocenters. The Morgan fingerprint density at radius 1 is 1.50 bits per heavy atom. The fourth-order valence-corrected chi connectivity index (χ4v) is 0.732. The first-order valence-electron chi connectivity index (χ1n) is 3.43. The molecule has 0 aromatic heterocycles. The minimum absolute atomic E-state index is 0.623. The van der Waals surface area contributed by atoms with E-state index in [2.05, 4.69) is 0 Å². The maximum absolute atomic E-state index is 10.8. The van der Waals surface area contributed by atoms with E-state index < -0.39 is 12.4 Å². The van der Waals surface area contributed by atoms with Crippen LogP contribution in [0.1, 0.15) is 6.92 Å². The van der Waals surface area contributed by atoms with E-state index in [1.165, 1.54) is 20.4 Å². The van der Waals surface area contributed by atoms with Crippen molar-refractivity contribution in [2.75, 3.05) is 14.2 Å². The minimum Gasteiger partial charge on any atom is -0.351 e. The average Bonchev–Trinajstić information content (AvgIpc) is 2.05. The quantitative estimate of drug-likeness (QED) is 0.630. The van der Waals surface area contributed by atoms with Gasteiger partial charge in [-0.2, -0.15) is 0 Å². The smallest absolute Gasteiger partial charge is 0.322 e. The Hall–Kier alpha value is -1.07. The molecule has 0 saturated carbocycles. The first-order valence-corrected chi connectivity index (χ1v) is 3.43. The maximum atomic E-state index is 10.8. The summed E-state index contributed by atoms with van der Waals surface area (Å²) in [5, 5.41) is 0. The predicted molar refractivity (Wildman–Crippen MR) is 44.0 cm³/mol. The van der Waals surface area contributed by atoms with Crippen LogP contribution in [0.4, 0.5) is 4.79 Å². The van der Waals surface area contributed by atoms with Crippen LogP contribution < -0.4 is 5.73 Å². The molecule has 2 N–H and O–H groups in total. The van der Waals surface area contributed by atoms with Crippen LogP contribution in [0.3, 0.4) is 0 Å². The van der Waals surface area contributed by atoms with E-state index >= 15 is 0 Å². The van der Waals surface area contributed by atoms with Crippen LogP contribution in [0, 0.1) is 0 Å². The molecule has 70 valence electrons. The van der Waals surface area contributed by atoms with Gasteiger partial charge in [0.25, 0.3) is 0 Å². The third kappa shape index (κ3) is 2.89. The zero-order valence-electron chi connectivity index (χ0n) is 7.48. The first-order chi connectivity index (χ1) is 5.67. The summed E-state index contributed by atoms with van der Waals surface area (Å²) in [4.78, 5) is 11.9. The van der Waals surface area contributed by atoms with Gasteiger partial charge in [0.15, 0.2) is 0 Å². The Balaban J connectivity index is 4.36. The van der Waals surface area contributed by atoms with Gasteiger partial charge >= 0.3 is 6.03 Å². The maximum Gasteiger partial charge on any atom is 0.322 e. The van der Waals surface area contributed by atoms with Gasteiger partial charge in [-0.3, -0.25) is 4.90 Å². The molecule has 2 amide bonds. The summed E-state index contributed by atoms with van der Waals surface area (Å²) in [6.07, 6.45) is 2.38. The van der Waals surface area contributed by atoms with Gasteiger partial charge in [-0.1, -0.05) is 6.08 Å². The molecule has 0 rings (SSSR count). The molecule has 0 heterocycles. The number of urea groups is 1. The molecule has 5 nitrogen and oxygen atoms in total. The summed E-state index contributed by atoms with van der Waals surface area (Å²) in [6, 6.07) is -0.623. The molecule has 0 spiro atoms. The van der Waals surface area contributed by atoms with Crippen LogP contribution in [-0.2, 0) is 9.47 Å². The molecule has 0 aliphatic carbocycles. The molecular weight excluding hydrogens is 160 g/mol. The third-order valence-electron chi connectivity index (χ3n) is 1.19. The van der Waals surface area contributed by atoms with E-state index in [9.17, 15) is 4.79 Å². The molecule has 12 heavy (non-hydrogen) atoms. The lowest BCUT2D eigenvalue weighted by Gasteiger charge is -2.23. The lowest BCUT2D eigenvalue weighted by Crippen LogP contribution is -2.41. The summed E-state index contributed by atoms with van der Waals surface area (Å²) >= 11 is 0. The van der Waals surface area contributed by atoms with Gasteiger partial charge in [0, 0.05) is 20.4 Å². The van der Waals surface area contributed by atoms with Crippen molar-refractivity contribution >= 4 is 6.03 Å². The molecular formula is C7H14N2O3. The van der Waals surface area contributed by atoms with Crippen LogP contribution >= 0.6 is 0 Å². The van der Waals surface area contributed by atoms with Gasteiger partial charge in [0.05, 0.1) is 0 Å². The molecule has 0 radical (unpaired) electrons. The summed E-state index contributed by atoms with van der Waals surface area (Å²) in [7, 11) is 2.85. The van der Waals surface area contributed by atoms with Gasteiger partial charge in [0.1, 0.15) is 0 Å². The number of nitrogens with two attached hydrogens (primary N) is 1. The topological polar surface area (TPSA) is 64.8 Å². The Morgan fingerprint density at radius 3 is 2.25 bits per heavy atom. The second-order valence-electron chi connectivity index (χ2n) is 2.01. The number of amides is 2. The number of carbonyl (C=O) groups is 1. The fraction of sp³-hybridized carbons (Fsp3) is 0.571. The number of ether oxygens (including phenoxy) is 2. The molecule has 0 fully saturated rings. The first kappa shape index (κ1) is 10.9. The molecule has 0 saturated heterocycles. The van der Waals surface area contributed by atoms with Crippen molar-refractivity contribution in [1.82, 2.24) is 4.90 Å². The highest BCUT2D eigenvalue weighted by atomic mass is 16.7. The van der Waals surface area contributed by atoms with Crippen molar-refractivity contribution in [3.8, 4) is 0 Å². The average molecular weight is 174 g/mol. The predicted octanol–water partition coefficient (Wildman–Crippen LogP) is 0.477. The molecule has 0 aromatic rings. The van der Waals surface area contributed by atoms with Crippen molar-refractivity contribution < 1.29 is 14.3 Å². The Bertz CT molecular complexity index is 166. The normalized spacial score (nSPS) is 11.0. The van der Waals surface area contributed by atoms with Crippen LogP contribution in [0.5, 0.6) is 0 Å². The largest absolute Gasteiger partial charge is 0.351 e. The SMILES string of the molecule is CC=CN(C(N)=O)C(OC)OC. The van der Waals surface area contributed by atoms with Crippen LogP contribution in [0.25, 0.3) is 0 Å². The number of hydrogen-bond donors (Lipinski definition) is 1. The Kier molecular flexibility index (Phi) is 5.07. The molecule has 0 bridgehead atoms. The third-order valence-corrected chi connectivity index (χ3v) is 1.19. The summed E-state index contributed by atoms with van der Waals surface area (Å²) < 4.78 is 9.65. The van der Waals surface area contributed by atoms with E-state index in [0.29, 0.717) is 0 Å². The monoisotopic (exact) mass is 174 g/mol. The number of hydrogen-bond acceptors (Lipinski definition) is 3. The number of nitrogens with zero attached hydrogens (tertiary/aromatic N) is 1. The van der Waals surface area contributed by atoms with Gasteiger partial charge in [0.2, 0.25) is 6.41 Å². The molecule has 0 aromatic carbocycles. The molecule has 0 unspecified atom stereocenters. The number of carbonyl (C=O) groups excluding carboxylic acids is 1. The van der Waals surface area contributed by atoms with Gasteiger partial charge in [-0.05, 0) is 6.92 Å². The zero-order valence-corrected chi connectivity index (χ0v) is 7.48. The van der Waals surface area contributed by atoms with Crippen LogP contribution in [-0.4, -0.2) is 31.6 Å². The van der Waals surface area contributed by atoms with Gasteiger partial charge in [-0.15, -0.1) is 0 Å². The van der Waals surface area contributed by atoms with E-state index in [1.807, 2.05) is 0 Å². The second kappa shape index (κ2) is 5.56. The van der Waals surface area contributed by atoms with Crippen LogP contribution in [0.2, 0.25) is 0 Å². The van der Waals surface area contributed by atoms with Crippen LogP contribution in [0.15, 0.2) is 12.3 Å². The summed E-state index contributed by atoms with van der Waals surface area (Å²) in [5.41, 5.74) is 5.05. The standard InChI is InChI=1S/C7H14N2O3/c1-4-5-9(6(8)10)7(11-2)12-3/h4-5,7H,1-3H3,(H2,8,10). The highest BCUT2D eigenvalue weighted by Crippen LogP contribution is 2.01. The van der Waals surface area contributed by atoms with Crippen molar-refractivity contribution in [3.05, 3.63) is 12.3 Å². The number of allylic oxidation sites excluding steroid dienone is 1. The number of rotatable bonds is 4. The van der Waals surface area contributed by atoms with Crippen molar-refractivity contribution in [2.45, 2.75) is 13.3 Å². The number of methoxy groups -OCH3 is 2. The van der Waals surface area contributed by atoms with Crippen molar-refractivity contribution in [3.63, 3.8) is 0 Å². The van der Waals surface area contributed by atoms with Gasteiger partial charge < -0.3 is 15.2 Å². The minimum atomic E-state index is -0.765. The highest BCUT2D eigenvalue weighted by Gasteiger charge is 2.17. The van der Waals surface area contributed by atoms with E-state index in [0.717, 1.165) is 4.90 Å². The van der Waals surface area contributed by atoms with E-state index in [4.69, 9.17) is 15.2 Å². The molecule has 0 aliphatic heterocycles. The lowest BCUT2D eigenvalue weighted by atomic mass is 10.6. The lowest BCUT2D eigenvalue weighted by molar-refractivity contribution is -0.162. The second-order valence-corrected chi connectivity index (χ2v) is 2.01. The van der Waals surface area contributed by atoms with Crippen molar-refractivity contribution in [1.29, 1.82) is 0 Å². The Morgan fingerprint density at radius 2 is 2.00 bits per heavy atom. The van der Waals surface area contributed by atoms with E-state index in [1.54, 1.807) is 13.0 Å². The summed E-state index contributed by atoms with van der Waals surface area (Å²) in [6.45, 7) is 1.76. The van der Waals surface area contributed by atoms with E-state index in [-0.39, 0.29) is 0 Å². The fourth-order valence-electron chi connectivity index (χ4n) is 0.732. The van der Waals surface area contributed by atoms with Gasteiger partial charge in [-0.25, -0.2) is 4.79 Å².